The van der Waals surface area contributed by atoms with E-state index >= 15 is 0 Å². The van der Waals surface area contributed by atoms with Crippen LogP contribution in [0.4, 0.5) is 0 Å². The van der Waals surface area contributed by atoms with Crippen molar-refractivity contribution in [1.29, 1.82) is 0 Å². The van der Waals surface area contributed by atoms with Gasteiger partial charge in [-0.3, -0.25) is 9.59 Å². The van der Waals surface area contributed by atoms with Crippen LogP contribution in [-0.2, 0) is 11.8 Å². The van der Waals surface area contributed by atoms with Gasteiger partial charge in [0.25, 0.3) is 0 Å². The summed E-state index contributed by atoms with van der Waals surface area (Å²) in [5.74, 6) is -0.222. The molecule has 0 aliphatic rings. The van der Waals surface area contributed by atoms with E-state index in [0.29, 0.717) is 5.56 Å². The Balaban J connectivity index is 2.83. The average Bonchev–Trinajstić information content (AvgIpc) is 2.03. The molecular formula is C10H12NO2+. The molecule has 0 radical (unpaired) electrons. The zero-order valence-electron chi connectivity index (χ0n) is 7.78. The summed E-state index contributed by atoms with van der Waals surface area (Å²) in [6.07, 6.45) is 3.54. The number of nitrogens with zero attached hydrogens (tertiary/aromatic N) is 1. The van der Waals surface area contributed by atoms with E-state index in [0.717, 1.165) is 0 Å². The lowest BCUT2D eigenvalue weighted by Gasteiger charge is -1.95. The lowest BCUT2D eigenvalue weighted by Crippen LogP contribution is -2.27. The Labute approximate surface area is 77.0 Å². The molecule has 1 aromatic heterocycles. The van der Waals surface area contributed by atoms with Gasteiger partial charge in [0.1, 0.15) is 12.8 Å². The molecule has 1 aromatic rings. The van der Waals surface area contributed by atoms with Gasteiger partial charge < -0.3 is 0 Å². The van der Waals surface area contributed by atoms with Crippen molar-refractivity contribution in [1.82, 2.24) is 0 Å². The maximum atomic E-state index is 11.4. The minimum absolute atomic E-state index is 0.00991. The topological polar surface area (TPSA) is 38.0 Å². The highest BCUT2D eigenvalue weighted by Crippen LogP contribution is 1.99. The Bertz CT molecular complexity index is 345. The van der Waals surface area contributed by atoms with E-state index in [4.69, 9.17) is 0 Å². The first-order valence-corrected chi connectivity index (χ1v) is 4.07. The van der Waals surface area contributed by atoms with Gasteiger partial charge in [-0.15, -0.1) is 0 Å². The smallest absolute Gasteiger partial charge is 0.179 e. The van der Waals surface area contributed by atoms with Crippen molar-refractivity contribution in [2.45, 2.75) is 13.3 Å². The Kier molecular flexibility index (Phi) is 2.90. The van der Waals surface area contributed by atoms with E-state index in [2.05, 4.69) is 0 Å². The molecule has 0 saturated heterocycles. The Morgan fingerprint density at radius 2 is 2.15 bits per heavy atom. The third kappa shape index (κ3) is 2.78. The summed E-state index contributed by atoms with van der Waals surface area (Å²) in [4.78, 5) is 22.1. The molecule has 1 rings (SSSR count). The first kappa shape index (κ1) is 9.58. The molecule has 13 heavy (non-hydrogen) atoms. The molecular weight excluding hydrogens is 166 g/mol. The maximum Gasteiger partial charge on any atom is 0.179 e. The lowest BCUT2D eigenvalue weighted by atomic mass is 10.1. The summed E-state index contributed by atoms with van der Waals surface area (Å²) in [5, 5.41) is 0. The predicted molar refractivity (Wildman–Crippen MR) is 47.2 cm³/mol. The number of aromatic nitrogens is 1. The van der Waals surface area contributed by atoms with Crippen molar-refractivity contribution in [3.05, 3.63) is 30.1 Å². The molecule has 0 fully saturated rings. The minimum atomic E-state index is -0.122. The van der Waals surface area contributed by atoms with Crippen LogP contribution in [-0.4, -0.2) is 11.6 Å². The zero-order valence-corrected chi connectivity index (χ0v) is 7.78. The van der Waals surface area contributed by atoms with Gasteiger partial charge in [0.05, 0.1) is 12.0 Å². The SMILES string of the molecule is CC(=O)CC(=O)c1ccc[n+](C)c1. The number of ketones is 2. The van der Waals surface area contributed by atoms with E-state index < -0.39 is 0 Å². The molecule has 0 aromatic carbocycles. The van der Waals surface area contributed by atoms with Crippen molar-refractivity contribution >= 4 is 11.6 Å². The normalized spacial score (nSPS) is 9.69. The quantitative estimate of drug-likeness (QED) is 0.387. The highest BCUT2D eigenvalue weighted by atomic mass is 16.1. The third-order valence-electron chi connectivity index (χ3n) is 1.67. The molecule has 0 saturated carbocycles. The number of hydrogen-bond acceptors (Lipinski definition) is 2. The van der Waals surface area contributed by atoms with Crippen LogP contribution in [0.15, 0.2) is 24.5 Å². The second kappa shape index (κ2) is 3.94. The van der Waals surface area contributed by atoms with E-state index in [1.54, 1.807) is 22.9 Å². The fourth-order valence-electron chi connectivity index (χ4n) is 1.08. The summed E-state index contributed by atoms with van der Waals surface area (Å²) in [6, 6.07) is 3.50. The average molecular weight is 178 g/mol. The molecule has 0 aliphatic carbocycles. The number of hydrogen-bond donors (Lipinski definition) is 0. The molecule has 1 heterocycles. The maximum absolute atomic E-state index is 11.4. The molecule has 68 valence electrons. The van der Waals surface area contributed by atoms with E-state index in [1.165, 1.54) is 6.92 Å². The first-order chi connectivity index (χ1) is 6.09. The largest absolute Gasteiger partial charge is 0.300 e. The van der Waals surface area contributed by atoms with Crippen LogP contribution >= 0.6 is 0 Å². The highest BCUT2D eigenvalue weighted by molar-refractivity contribution is 6.06. The van der Waals surface area contributed by atoms with E-state index in [9.17, 15) is 9.59 Å². The highest BCUT2D eigenvalue weighted by Gasteiger charge is 2.10. The van der Waals surface area contributed by atoms with Gasteiger partial charge in [0.2, 0.25) is 0 Å². The van der Waals surface area contributed by atoms with E-state index in [1.807, 2.05) is 13.2 Å². The second-order valence-corrected chi connectivity index (χ2v) is 3.06. The third-order valence-corrected chi connectivity index (χ3v) is 1.67. The number of aryl methyl sites for hydroxylation is 1. The number of Topliss-reactive ketones (excluding diaryl/α,β-unsaturated/α-hetero) is 2. The zero-order chi connectivity index (χ0) is 9.84. The van der Waals surface area contributed by atoms with Crippen molar-refractivity contribution in [3.63, 3.8) is 0 Å². The molecule has 0 bridgehead atoms. The van der Waals surface area contributed by atoms with Crippen LogP contribution < -0.4 is 4.57 Å². The standard InChI is InChI=1S/C10H12NO2/c1-8(12)6-10(13)9-4-3-5-11(2)7-9/h3-5,7H,6H2,1-2H3/q+1. The van der Waals surface area contributed by atoms with Crippen LogP contribution in [0, 0.1) is 0 Å². The van der Waals surface area contributed by atoms with Gasteiger partial charge in [-0.05, 0) is 13.0 Å². The predicted octanol–water partition coefficient (Wildman–Crippen LogP) is 0.673. The molecule has 3 heteroatoms. The number of carbonyl (C=O) groups is 2. The van der Waals surface area contributed by atoms with Crippen molar-refractivity contribution in [3.8, 4) is 0 Å². The van der Waals surface area contributed by atoms with Crippen LogP contribution in [0.2, 0.25) is 0 Å². The van der Waals surface area contributed by atoms with Gasteiger partial charge in [0.15, 0.2) is 18.2 Å². The fourth-order valence-corrected chi connectivity index (χ4v) is 1.08. The molecule has 0 atom stereocenters. The van der Waals surface area contributed by atoms with Crippen molar-refractivity contribution in [2.24, 2.45) is 7.05 Å². The summed E-state index contributed by atoms with van der Waals surface area (Å²) in [7, 11) is 1.84. The van der Waals surface area contributed by atoms with Crippen LogP contribution in [0.1, 0.15) is 23.7 Å². The summed E-state index contributed by atoms with van der Waals surface area (Å²) in [6.45, 7) is 1.42. The van der Waals surface area contributed by atoms with Crippen LogP contribution in [0.5, 0.6) is 0 Å². The molecule has 0 N–H and O–H groups in total. The van der Waals surface area contributed by atoms with Gasteiger partial charge in [-0.25, -0.2) is 4.57 Å². The lowest BCUT2D eigenvalue weighted by molar-refractivity contribution is -0.671. The Hall–Kier alpha value is -1.51. The van der Waals surface area contributed by atoms with Gasteiger partial charge in [0, 0.05) is 6.07 Å². The van der Waals surface area contributed by atoms with Gasteiger partial charge >= 0.3 is 0 Å². The van der Waals surface area contributed by atoms with Gasteiger partial charge in [-0.2, -0.15) is 0 Å². The summed E-state index contributed by atoms with van der Waals surface area (Å²) < 4.78 is 1.79. The van der Waals surface area contributed by atoms with Crippen molar-refractivity contribution in [2.75, 3.05) is 0 Å². The summed E-state index contributed by atoms with van der Waals surface area (Å²) in [5.41, 5.74) is 0.584. The fraction of sp³-hybridized carbons (Fsp3) is 0.300. The van der Waals surface area contributed by atoms with E-state index in [-0.39, 0.29) is 18.0 Å². The Morgan fingerprint density at radius 3 is 2.69 bits per heavy atom. The monoisotopic (exact) mass is 178 g/mol. The molecule has 3 nitrogen and oxygen atoms in total. The first-order valence-electron chi connectivity index (χ1n) is 4.07. The molecule has 0 spiro atoms. The summed E-state index contributed by atoms with van der Waals surface area (Å²) >= 11 is 0. The number of rotatable bonds is 3. The molecule has 0 aliphatic heterocycles. The second-order valence-electron chi connectivity index (χ2n) is 3.06. The van der Waals surface area contributed by atoms with Crippen molar-refractivity contribution < 1.29 is 14.2 Å². The molecule has 0 amide bonds. The number of carbonyl (C=O) groups excluding carboxylic acids is 2. The molecule has 0 unspecified atom stereocenters. The van der Waals surface area contributed by atoms with Crippen LogP contribution in [0.25, 0.3) is 0 Å². The number of pyridine rings is 1. The Morgan fingerprint density at radius 1 is 1.46 bits per heavy atom. The van der Waals surface area contributed by atoms with Gasteiger partial charge in [-0.1, -0.05) is 0 Å². The minimum Gasteiger partial charge on any atom is -0.300 e. The van der Waals surface area contributed by atoms with Crippen LogP contribution in [0.3, 0.4) is 0 Å².